The van der Waals surface area contributed by atoms with Gasteiger partial charge in [-0.25, -0.2) is 14.8 Å². The summed E-state index contributed by atoms with van der Waals surface area (Å²) in [6, 6.07) is 24.9. The van der Waals surface area contributed by atoms with E-state index in [4.69, 9.17) is 4.74 Å². The highest BCUT2D eigenvalue weighted by Crippen LogP contribution is 2.30. The van der Waals surface area contributed by atoms with Gasteiger partial charge in [-0.2, -0.15) is 0 Å². The standard InChI is InChI=1S/C34H34N6O5/c1-23(41)45-28-15-13-24(14-16-28)18-29-33(43)38(20-27-11-6-10-26-12-7-17-35-32(26)27)21-30-39(29)31(42)22-37(2)40(30)34(44)36-19-25-8-4-3-5-9-25/h3-17,29-30H,18-22H2,1-2H3,(H,36,44)/t29-,30?/m0/s1. The second kappa shape index (κ2) is 12.7. The smallest absolute Gasteiger partial charge is 0.334 e. The van der Waals surface area contributed by atoms with E-state index in [1.807, 2.05) is 60.7 Å². The van der Waals surface area contributed by atoms with Crippen LogP contribution < -0.4 is 10.1 Å². The number of para-hydroxylation sites is 1. The molecule has 6 rings (SSSR count). The van der Waals surface area contributed by atoms with Crippen LogP contribution in [0.4, 0.5) is 4.79 Å². The lowest BCUT2D eigenvalue weighted by Crippen LogP contribution is -2.76. The van der Waals surface area contributed by atoms with Gasteiger partial charge in [-0.15, -0.1) is 0 Å². The van der Waals surface area contributed by atoms with Gasteiger partial charge in [0.2, 0.25) is 11.8 Å². The molecule has 1 N–H and O–H groups in total. The monoisotopic (exact) mass is 606 g/mol. The lowest BCUT2D eigenvalue weighted by atomic mass is 9.98. The maximum Gasteiger partial charge on any atom is 0.334 e. The van der Waals surface area contributed by atoms with Gasteiger partial charge in [0.1, 0.15) is 18.0 Å². The zero-order chi connectivity index (χ0) is 31.5. The lowest BCUT2D eigenvalue weighted by molar-refractivity contribution is -0.187. The number of piperazine rings is 1. The summed E-state index contributed by atoms with van der Waals surface area (Å²) in [7, 11) is 1.70. The summed E-state index contributed by atoms with van der Waals surface area (Å²) < 4.78 is 5.17. The van der Waals surface area contributed by atoms with Crippen molar-refractivity contribution < 1.29 is 23.9 Å². The van der Waals surface area contributed by atoms with E-state index < -0.39 is 18.2 Å². The molecule has 0 radical (unpaired) electrons. The first-order chi connectivity index (χ1) is 21.8. The number of hydrazine groups is 1. The Morgan fingerprint density at radius 1 is 0.933 bits per heavy atom. The number of nitrogens with zero attached hydrogens (tertiary/aromatic N) is 5. The average Bonchev–Trinajstić information content (AvgIpc) is 3.03. The first kappa shape index (κ1) is 29.8. The number of rotatable bonds is 7. The van der Waals surface area contributed by atoms with E-state index in [1.165, 1.54) is 6.92 Å². The van der Waals surface area contributed by atoms with Gasteiger partial charge in [-0.05, 0) is 34.9 Å². The molecule has 4 amide bonds. The molecule has 0 saturated carbocycles. The van der Waals surface area contributed by atoms with E-state index in [-0.39, 0.29) is 43.9 Å². The SMILES string of the molecule is CC(=O)Oc1ccc(C[C@H]2C(=O)N(Cc3cccc4cccnc34)CC3N2C(=O)CN(C)N3C(=O)NCc2ccccc2)cc1. The molecule has 0 bridgehead atoms. The van der Waals surface area contributed by atoms with E-state index in [2.05, 4.69) is 10.3 Å². The number of fused-ring (bicyclic) bond motifs is 2. The third-order valence-electron chi connectivity index (χ3n) is 8.13. The van der Waals surface area contributed by atoms with Crippen molar-refractivity contribution in [2.45, 2.75) is 38.6 Å². The third kappa shape index (κ3) is 6.34. The number of hydrogen-bond acceptors (Lipinski definition) is 7. The molecule has 3 heterocycles. The molecule has 2 aliphatic rings. The Balaban J connectivity index is 1.33. The second-order valence-corrected chi connectivity index (χ2v) is 11.3. The van der Waals surface area contributed by atoms with E-state index in [0.29, 0.717) is 12.3 Å². The molecule has 2 saturated heterocycles. The molecule has 4 aromatic rings. The maximum absolute atomic E-state index is 14.3. The van der Waals surface area contributed by atoms with E-state index in [0.717, 1.165) is 27.6 Å². The third-order valence-corrected chi connectivity index (χ3v) is 8.13. The number of hydrogen-bond donors (Lipinski definition) is 1. The van der Waals surface area contributed by atoms with Gasteiger partial charge in [0.15, 0.2) is 0 Å². The van der Waals surface area contributed by atoms with Crippen molar-refractivity contribution in [3.05, 3.63) is 108 Å². The minimum Gasteiger partial charge on any atom is -0.427 e. The molecular formula is C34H34N6O5. The molecule has 0 spiro atoms. The summed E-state index contributed by atoms with van der Waals surface area (Å²) in [5, 5.41) is 7.10. The lowest BCUT2D eigenvalue weighted by Gasteiger charge is -2.54. The molecule has 0 aliphatic carbocycles. The molecule has 11 heteroatoms. The molecule has 1 unspecified atom stereocenters. The summed E-state index contributed by atoms with van der Waals surface area (Å²) in [5.74, 6) is -0.497. The van der Waals surface area contributed by atoms with Crippen molar-refractivity contribution in [3.63, 3.8) is 0 Å². The van der Waals surface area contributed by atoms with Crippen LogP contribution in [-0.2, 0) is 33.9 Å². The molecule has 2 atom stereocenters. The highest BCUT2D eigenvalue weighted by molar-refractivity contribution is 5.92. The van der Waals surface area contributed by atoms with Gasteiger partial charge >= 0.3 is 12.0 Å². The minimum atomic E-state index is -0.864. The Bertz CT molecular complexity index is 1730. The number of aromatic nitrogens is 1. The van der Waals surface area contributed by atoms with Gasteiger partial charge in [0, 0.05) is 45.1 Å². The largest absolute Gasteiger partial charge is 0.427 e. The van der Waals surface area contributed by atoms with Crippen LogP contribution >= 0.6 is 0 Å². The fourth-order valence-electron chi connectivity index (χ4n) is 6.09. The van der Waals surface area contributed by atoms with Gasteiger partial charge in [-0.1, -0.05) is 66.7 Å². The van der Waals surface area contributed by atoms with Crippen LogP contribution in [0.5, 0.6) is 5.75 Å². The number of carbonyl (C=O) groups is 4. The summed E-state index contributed by atoms with van der Waals surface area (Å²) in [6.07, 6.45) is 1.20. The molecule has 2 aliphatic heterocycles. The average molecular weight is 607 g/mol. The van der Waals surface area contributed by atoms with Gasteiger partial charge in [0.05, 0.1) is 18.6 Å². The fraction of sp³-hybridized carbons (Fsp3) is 0.265. The molecule has 2 fully saturated rings. The van der Waals surface area contributed by atoms with Gasteiger partial charge in [0.25, 0.3) is 0 Å². The first-order valence-electron chi connectivity index (χ1n) is 14.8. The maximum atomic E-state index is 14.3. The van der Waals surface area contributed by atoms with Crippen molar-refractivity contribution in [3.8, 4) is 5.75 Å². The molecule has 1 aromatic heterocycles. The van der Waals surface area contributed by atoms with Crippen LogP contribution in [0.25, 0.3) is 10.9 Å². The summed E-state index contributed by atoms with van der Waals surface area (Å²) >= 11 is 0. The Kier molecular flexibility index (Phi) is 8.43. The van der Waals surface area contributed by atoms with Gasteiger partial charge < -0.3 is 19.9 Å². The number of carbonyl (C=O) groups excluding carboxylic acids is 4. The Labute approximate surface area is 260 Å². The summed E-state index contributed by atoms with van der Waals surface area (Å²) in [6.45, 7) is 1.97. The van der Waals surface area contributed by atoms with Gasteiger partial charge in [-0.3, -0.25) is 19.4 Å². The van der Waals surface area contributed by atoms with Crippen LogP contribution in [-0.4, -0.2) is 81.0 Å². The molecule has 3 aromatic carbocycles. The quantitative estimate of drug-likeness (QED) is 0.254. The molecule has 11 nitrogen and oxygen atoms in total. The van der Waals surface area contributed by atoms with Crippen LogP contribution in [0.2, 0.25) is 0 Å². The highest BCUT2D eigenvalue weighted by atomic mass is 16.5. The predicted octanol–water partition coefficient (Wildman–Crippen LogP) is 3.34. The number of likely N-dealkylation sites (N-methyl/N-ethyl adjacent to an activating group) is 1. The molecular weight excluding hydrogens is 572 g/mol. The highest BCUT2D eigenvalue weighted by Gasteiger charge is 2.50. The summed E-state index contributed by atoms with van der Waals surface area (Å²) in [5.41, 5.74) is 3.39. The van der Waals surface area contributed by atoms with Crippen LogP contribution in [0.1, 0.15) is 23.6 Å². The topological polar surface area (TPSA) is 115 Å². The number of nitrogens with one attached hydrogen (secondary N) is 1. The van der Waals surface area contributed by atoms with Crippen molar-refractivity contribution in [1.82, 2.24) is 30.1 Å². The minimum absolute atomic E-state index is 0.0579. The zero-order valence-corrected chi connectivity index (χ0v) is 25.1. The van der Waals surface area contributed by atoms with E-state index in [9.17, 15) is 19.2 Å². The van der Waals surface area contributed by atoms with Crippen LogP contribution in [0.3, 0.4) is 0 Å². The number of ether oxygens (including phenoxy) is 1. The van der Waals surface area contributed by atoms with Crippen LogP contribution in [0, 0.1) is 0 Å². The Morgan fingerprint density at radius 3 is 2.44 bits per heavy atom. The normalized spacial score (nSPS) is 18.6. The van der Waals surface area contributed by atoms with Crippen molar-refractivity contribution in [1.29, 1.82) is 0 Å². The Morgan fingerprint density at radius 2 is 1.69 bits per heavy atom. The summed E-state index contributed by atoms with van der Waals surface area (Å²) in [4.78, 5) is 60.9. The van der Waals surface area contributed by atoms with Crippen molar-refractivity contribution in [2.75, 3.05) is 20.1 Å². The number of urea groups is 1. The van der Waals surface area contributed by atoms with Crippen molar-refractivity contribution >= 4 is 34.7 Å². The number of benzene rings is 3. The number of amides is 4. The first-order valence-corrected chi connectivity index (χ1v) is 14.8. The van der Waals surface area contributed by atoms with Crippen LogP contribution in [0.15, 0.2) is 91.1 Å². The molecule has 230 valence electrons. The zero-order valence-electron chi connectivity index (χ0n) is 25.1. The second-order valence-electron chi connectivity index (χ2n) is 11.3. The Hall–Kier alpha value is -5.29. The fourth-order valence-corrected chi connectivity index (χ4v) is 6.09. The predicted molar refractivity (Wildman–Crippen MR) is 166 cm³/mol. The van der Waals surface area contributed by atoms with E-state index in [1.54, 1.807) is 57.3 Å². The molecule has 45 heavy (non-hydrogen) atoms. The number of pyridine rings is 1. The number of esters is 1. The van der Waals surface area contributed by atoms with Crippen molar-refractivity contribution in [2.24, 2.45) is 0 Å². The van der Waals surface area contributed by atoms with E-state index >= 15 is 0 Å².